The molecule has 0 bridgehead atoms. The number of carbonyl (C=O) groups excluding carboxylic acids is 1. The van der Waals surface area contributed by atoms with Gasteiger partial charge in [-0.05, 0) is 37.6 Å². The second-order valence-corrected chi connectivity index (χ2v) is 5.20. The molecule has 0 radical (unpaired) electrons. The minimum Gasteiger partial charge on any atom is -0.354 e. The highest BCUT2D eigenvalue weighted by atomic mass is 19.1. The molecule has 0 aliphatic heterocycles. The number of benzene rings is 1. The van der Waals surface area contributed by atoms with Crippen molar-refractivity contribution in [1.29, 1.82) is 0 Å². The first kappa shape index (κ1) is 18.0. The van der Waals surface area contributed by atoms with Gasteiger partial charge in [-0.15, -0.1) is 5.10 Å². The van der Waals surface area contributed by atoms with Crippen molar-refractivity contribution < 1.29 is 18.7 Å². The molecule has 1 atom stereocenters. The van der Waals surface area contributed by atoms with Crippen LogP contribution in [0.3, 0.4) is 0 Å². The molecule has 0 fully saturated rings. The number of nitrogens with zero attached hydrogens (tertiary/aromatic N) is 3. The van der Waals surface area contributed by atoms with Gasteiger partial charge in [0.1, 0.15) is 11.6 Å². The Morgan fingerprint density at radius 1 is 1.29 bits per heavy atom. The van der Waals surface area contributed by atoms with Crippen molar-refractivity contribution in [3.05, 3.63) is 41.7 Å². The lowest BCUT2D eigenvalue weighted by molar-refractivity contribution is -0.121. The molecule has 130 valence electrons. The number of nitrogens with one attached hydrogen (secondary N) is 1. The fraction of sp³-hybridized carbons (Fsp3) is 0.438. The molecule has 1 amide bonds. The normalized spacial score (nSPS) is 12.4. The van der Waals surface area contributed by atoms with Crippen LogP contribution in [-0.2, 0) is 9.47 Å². The number of halogens is 1. The zero-order valence-electron chi connectivity index (χ0n) is 14.1. The molecule has 0 aliphatic carbocycles. The van der Waals surface area contributed by atoms with Crippen LogP contribution in [0, 0.1) is 12.7 Å². The molecule has 7 nitrogen and oxygen atoms in total. The molecule has 1 aromatic carbocycles. The van der Waals surface area contributed by atoms with E-state index in [1.807, 2.05) is 6.92 Å². The number of ether oxygens (including phenoxy) is 2. The van der Waals surface area contributed by atoms with Crippen LogP contribution < -0.4 is 5.32 Å². The summed E-state index contributed by atoms with van der Waals surface area (Å²) in [5.74, 6) is -0.216. The summed E-state index contributed by atoms with van der Waals surface area (Å²) in [4.78, 5) is 16.6. The molecule has 8 heteroatoms. The third-order valence-corrected chi connectivity index (χ3v) is 3.59. The Labute approximate surface area is 139 Å². The van der Waals surface area contributed by atoms with Crippen LogP contribution in [0.15, 0.2) is 24.3 Å². The van der Waals surface area contributed by atoms with Crippen LogP contribution in [0.4, 0.5) is 4.39 Å². The highest BCUT2D eigenvalue weighted by molar-refractivity contribution is 5.90. The minimum absolute atomic E-state index is 0.0289. The van der Waals surface area contributed by atoms with Crippen molar-refractivity contribution in [1.82, 2.24) is 20.1 Å². The number of aromatic nitrogens is 3. The van der Waals surface area contributed by atoms with Crippen LogP contribution in [0.2, 0.25) is 0 Å². The standard InChI is InChI=1S/C16H21FN4O3/c1-5-13(16(23-3)24-4)19-15(22)14-18-10(2)21(20-14)12-8-6-11(17)7-9-12/h6-9,13,16H,5H2,1-4H3,(H,19,22). The monoisotopic (exact) mass is 336 g/mol. The number of carbonyl (C=O) groups is 1. The van der Waals surface area contributed by atoms with Gasteiger partial charge in [-0.25, -0.2) is 14.1 Å². The topological polar surface area (TPSA) is 78.3 Å². The van der Waals surface area contributed by atoms with Gasteiger partial charge in [0.05, 0.1) is 11.7 Å². The molecular weight excluding hydrogens is 315 g/mol. The molecule has 0 aliphatic rings. The summed E-state index contributed by atoms with van der Waals surface area (Å²) in [5.41, 5.74) is 0.624. The summed E-state index contributed by atoms with van der Waals surface area (Å²) in [6.45, 7) is 3.63. The SMILES string of the molecule is CCC(NC(=O)c1nc(C)n(-c2ccc(F)cc2)n1)C(OC)OC. The Bertz CT molecular complexity index is 683. The number of hydrogen-bond donors (Lipinski definition) is 1. The number of rotatable bonds is 7. The number of amides is 1. The maximum Gasteiger partial charge on any atom is 0.291 e. The van der Waals surface area contributed by atoms with Gasteiger partial charge in [0.25, 0.3) is 5.91 Å². The Morgan fingerprint density at radius 3 is 2.46 bits per heavy atom. The van der Waals surface area contributed by atoms with E-state index < -0.39 is 12.2 Å². The molecule has 1 aromatic heterocycles. The summed E-state index contributed by atoms with van der Waals surface area (Å²) in [6, 6.07) is 5.46. The quantitative estimate of drug-likeness (QED) is 0.781. The second-order valence-electron chi connectivity index (χ2n) is 5.20. The predicted octanol–water partition coefficient (Wildman–Crippen LogP) is 1.84. The summed E-state index contributed by atoms with van der Waals surface area (Å²) in [6.07, 6.45) is 0.0645. The first-order chi connectivity index (χ1) is 11.5. The first-order valence-electron chi connectivity index (χ1n) is 7.56. The molecular formula is C16H21FN4O3. The maximum absolute atomic E-state index is 13.0. The summed E-state index contributed by atoms with van der Waals surface area (Å²) < 4.78 is 24.9. The van der Waals surface area contributed by atoms with Crippen molar-refractivity contribution in [3.63, 3.8) is 0 Å². The average molecular weight is 336 g/mol. The molecule has 2 aromatic rings. The number of hydrogen-bond acceptors (Lipinski definition) is 5. The fourth-order valence-corrected chi connectivity index (χ4v) is 2.33. The summed E-state index contributed by atoms with van der Waals surface area (Å²) in [5, 5.41) is 7.00. The summed E-state index contributed by atoms with van der Waals surface area (Å²) in [7, 11) is 3.02. The molecule has 1 N–H and O–H groups in total. The average Bonchev–Trinajstić information content (AvgIpc) is 2.97. The van der Waals surface area contributed by atoms with Crippen molar-refractivity contribution in [2.45, 2.75) is 32.6 Å². The van der Waals surface area contributed by atoms with E-state index in [0.29, 0.717) is 17.9 Å². The van der Waals surface area contributed by atoms with Crippen LogP contribution in [0.5, 0.6) is 0 Å². The van der Waals surface area contributed by atoms with Crippen molar-refractivity contribution in [2.24, 2.45) is 0 Å². The van der Waals surface area contributed by atoms with E-state index in [1.54, 1.807) is 19.1 Å². The maximum atomic E-state index is 13.0. The van der Waals surface area contributed by atoms with Gasteiger partial charge in [-0.3, -0.25) is 4.79 Å². The number of aryl methyl sites for hydroxylation is 1. The highest BCUT2D eigenvalue weighted by Crippen LogP contribution is 2.11. The van der Waals surface area contributed by atoms with Crippen LogP contribution in [-0.4, -0.2) is 47.2 Å². The van der Waals surface area contributed by atoms with Crippen molar-refractivity contribution in [2.75, 3.05) is 14.2 Å². The van der Waals surface area contributed by atoms with Crippen LogP contribution in [0.25, 0.3) is 5.69 Å². The predicted molar refractivity (Wildman–Crippen MR) is 85.4 cm³/mol. The zero-order valence-corrected chi connectivity index (χ0v) is 14.1. The second kappa shape index (κ2) is 7.98. The van der Waals surface area contributed by atoms with E-state index in [4.69, 9.17) is 9.47 Å². The number of methoxy groups -OCH3 is 2. The van der Waals surface area contributed by atoms with E-state index in [1.165, 1.54) is 31.0 Å². The molecule has 0 saturated heterocycles. The zero-order chi connectivity index (χ0) is 17.7. The third kappa shape index (κ3) is 3.95. The van der Waals surface area contributed by atoms with Gasteiger partial charge in [0.2, 0.25) is 5.82 Å². The molecule has 24 heavy (non-hydrogen) atoms. The largest absolute Gasteiger partial charge is 0.354 e. The van der Waals surface area contributed by atoms with Crippen molar-refractivity contribution >= 4 is 5.91 Å². The Kier molecular flexibility index (Phi) is 5.99. The molecule has 0 spiro atoms. The van der Waals surface area contributed by atoms with Gasteiger partial charge in [0.15, 0.2) is 6.29 Å². The minimum atomic E-state index is -0.556. The third-order valence-electron chi connectivity index (χ3n) is 3.59. The molecule has 1 unspecified atom stereocenters. The summed E-state index contributed by atoms with van der Waals surface area (Å²) >= 11 is 0. The van der Waals surface area contributed by atoms with Crippen molar-refractivity contribution in [3.8, 4) is 5.69 Å². The first-order valence-corrected chi connectivity index (χ1v) is 7.56. The van der Waals surface area contributed by atoms with E-state index in [2.05, 4.69) is 15.4 Å². The van der Waals surface area contributed by atoms with Gasteiger partial charge < -0.3 is 14.8 Å². The molecule has 1 heterocycles. The lowest BCUT2D eigenvalue weighted by atomic mass is 10.2. The molecule has 2 rings (SSSR count). The van der Waals surface area contributed by atoms with Crippen LogP contribution in [0.1, 0.15) is 29.8 Å². The Balaban J connectivity index is 2.19. The Hall–Kier alpha value is -2.32. The molecule has 0 saturated carbocycles. The van der Waals surface area contributed by atoms with E-state index in [0.717, 1.165) is 0 Å². The lowest BCUT2D eigenvalue weighted by Gasteiger charge is -2.23. The smallest absolute Gasteiger partial charge is 0.291 e. The van der Waals surface area contributed by atoms with Gasteiger partial charge >= 0.3 is 0 Å². The van der Waals surface area contributed by atoms with Gasteiger partial charge in [-0.2, -0.15) is 0 Å². The van der Waals surface area contributed by atoms with E-state index in [9.17, 15) is 9.18 Å². The fourth-order valence-electron chi connectivity index (χ4n) is 2.33. The van der Waals surface area contributed by atoms with E-state index in [-0.39, 0.29) is 17.7 Å². The Morgan fingerprint density at radius 2 is 1.92 bits per heavy atom. The lowest BCUT2D eigenvalue weighted by Crippen LogP contribution is -2.45. The van der Waals surface area contributed by atoms with E-state index >= 15 is 0 Å². The van der Waals surface area contributed by atoms with Gasteiger partial charge in [-0.1, -0.05) is 6.92 Å². The van der Waals surface area contributed by atoms with Gasteiger partial charge in [0, 0.05) is 14.2 Å². The van der Waals surface area contributed by atoms with Crippen LogP contribution >= 0.6 is 0 Å². The highest BCUT2D eigenvalue weighted by Gasteiger charge is 2.24.